The van der Waals surface area contributed by atoms with Crippen molar-refractivity contribution < 1.29 is 8.78 Å². The molecule has 0 N–H and O–H groups in total. The molecular formula is C10H13F2N. The molecule has 1 aliphatic heterocycles. The third-order valence-electron chi connectivity index (χ3n) is 2.19. The van der Waals surface area contributed by atoms with E-state index in [1.54, 1.807) is 0 Å². The second-order valence-corrected chi connectivity index (χ2v) is 3.25. The fourth-order valence-electron chi connectivity index (χ4n) is 1.45. The third kappa shape index (κ3) is 2.25. The average Bonchev–Trinajstić information content (AvgIpc) is 2.03. The van der Waals surface area contributed by atoms with Gasteiger partial charge in [0.15, 0.2) is 0 Å². The molecule has 0 spiro atoms. The highest BCUT2D eigenvalue weighted by Crippen LogP contribution is 2.27. The minimum absolute atomic E-state index is 0.348. The van der Waals surface area contributed by atoms with Crippen LogP contribution in [0.3, 0.4) is 0 Å². The number of hydrogen-bond acceptors (Lipinski definition) is 1. The highest BCUT2D eigenvalue weighted by Gasteiger charge is 2.20. The third-order valence-corrected chi connectivity index (χ3v) is 2.19. The molecule has 0 aliphatic carbocycles. The van der Waals surface area contributed by atoms with E-state index in [2.05, 4.69) is 13.2 Å². The summed E-state index contributed by atoms with van der Waals surface area (Å²) in [6, 6.07) is 0. The van der Waals surface area contributed by atoms with Crippen molar-refractivity contribution in [1.82, 2.24) is 4.90 Å². The molecule has 0 fully saturated rings. The van der Waals surface area contributed by atoms with Crippen LogP contribution in [0.5, 0.6) is 0 Å². The first-order valence-corrected chi connectivity index (χ1v) is 4.12. The Bertz CT molecular complexity index is 279. The normalized spacial score (nSPS) is 19.0. The molecule has 0 aromatic heterocycles. The van der Waals surface area contributed by atoms with Gasteiger partial charge in [-0.05, 0) is 19.0 Å². The van der Waals surface area contributed by atoms with Gasteiger partial charge in [-0.25, -0.2) is 8.78 Å². The van der Waals surface area contributed by atoms with Crippen LogP contribution in [0.4, 0.5) is 8.78 Å². The van der Waals surface area contributed by atoms with Crippen molar-refractivity contribution in [3.63, 3.8) is 0 Å². The van der Waals surface area contributed by atoms with Crippen LogP contribution in [-0.2, 0) is 0 Å². The lowest BCUT2D eigenvalue weighted by Crippen LogP contribution is -2.28. The Morgan fingerprint density at radius 2 is 1.77 bits per heavy atom. The summed E-state index contributed by atoms with van der Waals surface area (Å²) >= 11 is 0. The average molecular weight is 185 g/mol. The topological polar surface area (TPSA) is 3.24 Å². The van der Waals surface area contributed by atoms with E-state index in [1.165, 1.54) is 0 Å². The monoisotopic (exact) mass is 185 g/mol. The molecule has 1 heterocycles. The summed E-state index contributed by atoms with van der Waals surface area (Å²) in [6.45, 7) is 7.51. The predicted octanol–water partition coefficient (Wildman–Crippen LogP) is 2.58. The van der Waals surface area contributed by atoms with Crippen LogP contribution in [0.2, 0.25) is 0 Å². The van der Waals surface area contributed by atoms with Crippen LogP contribution >= 0.6 is 0 Å². The Hall–Kier alpha value is -0.960. The Kier molecular flexibility index (Phi) is 2.98. The van der Waals surface area contributed by atoms with Gasteiger partial charge in [-0.2, -0.15) is 0 Å². The molecule has 0 aromatic carbocycles. The molecular weight excluding hydrogens is 172 g/mol. The molecule has 0 atom stereocenters. The Morgan fingerprint density at radius 3 is 2.23 bits per heavy atom. The van der Waals surface area contributed by atoms with Gasteiger partial charge >= 0.3 is 0 Å². The molecule has 0 unspecified atom stereocenters. The van der Waals surface area contributed by atoms with E-state index in [4.69, 9.17) is 0 Å². The van der Waals surface area contributed by atoms with Gasteiger partial charge in [-0.3, -0.25) is 0 Å². The first-order chi connectivity index (χ1) is 6.02. The quantitative estimate of drug-likeness (QED) is 0.639. The molecule has 0 saturated heterocycles. The van der Waals surface area contributed by atoms with Gasteiger partial charge in [0.05, 0.1) is 0 Å². The van der Waals surface area contributed by atoms with Gasteiger partial charge < -0.3 is 4.90 Å². The zero-order valence-corrected chi connectivity index (χ0v) is 7.74. The van der Waals surface area contributed by atoms with E-state index < -0.39 is 11.7 Å². The van der Waals surface area contributed by atoms with Crippen molar-refractivity contribution >= 4 is 0 Å². The molecule has 0 saturated carbocycles. The zero-order valence-electron chi connectivity index (χ0n) is 7.74. The minimum atomic E-state index is -0.555. The summed E-state index contributed by atoms with van der Waals surface area (Å²) in [5, 5.41) is 0. The summed E-state index contributed by atoms with van der Waals surface area (Å²) in [6.07, 6.45) is 0.504. The van der Waals surface area contributed by atoms with E-state index in [1.807, 2.05) is 11.9 Å². The van der Waals surface area contributed by atoms with Crippen molar-refractivity contribution in [3.05, 3.63) is 36.0 Å². The van der Waals surface area contributed by atoms with Crippen molar-refractivity contribution in [2.24, 2.45) is 0 Å². The van der Waals surface area contributed by atoms with Crippen LogP contribution in [-0.4, -0.2) is 25.0 Å². The Labute approximate surface area is 77.0 Å². The van der Waals surface area contributed by atoms with Crippen LogP contribution in [0, 0.1) is 0 Å². The van der Waals surface area contributed by atoms with Gasteiger partial charge in [-0.15, -0.1) is 0 Å². The number of halogens is 2. The molecule has 72 valence electrons. The lowest BCUT2D eigenvalue weighted by atomic mass is 9.99. The standard InChI is InChI=1S/C10H13F2N/c1-7(11)9-4-5-13(3)6-10(9)8(2)12/h1-2,4-6H2,3H3. The van der Waals surface area contributed by atoms with E-state index in [9.17, 15) is 8.78 Å². The highest BCUT2D eigenvalue weighted by atomic mass is 19.1. The minimum Gasteiger partial charge on any atom is -0.302 e. The first kappa shape index (κ1) is 10.1. The van der Waals surface area contributed by atoms with E-state index in [0.29, 0.717) is 24.1 Å². The number of likely N-dealkylation sites (N-methyl/N-ethyl adjacent to an activating group) is 1. The number of rotatable bonds is 2. The summed E-state index contributed by atoms with van der Waals surface area (Å²) in [5.74, 6) is -1.10. The summed E-state index contributed by atoms with van der Waals surface area (Å²) in [5.41, 5.74) is 0.729. The molecule has 1 rings (SSSR count). The number of allylic oxidation sites excluding steroid dienone is 1. The summed E-state index contributed by atoms with van der Waals surface area (Å²) < 4.78 is 25.7. The van der Waals surface area contributed by atoms with Crippen LogP contribution in [0.1, 0.15) is 6.42 Å². The van der Waals surface area contributed by atoms with E-state index >= 15 is 0 Å². The Morgan fingerprint density at radius 1 is 1.23 bits per heavy atom. The smallest absolute Gasteiger partial charge is 0.120 e. The molecule has 0 bridgehead atoms. The number of hydrogen-bond donors (Lipinski definition) is 0. The van der Waals surface area contributed by atoms with Crippen LogP contribution in [0.25, 0.3) is 0 Å². The van der Waals surface area contributed by atoms with Crippen molar-refractivity contribution in [1.29, 1.82) is 0 Å². The van der Waals surface area contributed by atoms with Gasteiger partial charge in [0.2, 0.25) is 0 Å². The maximum atomic E-state index is 12.9. The van der Waals surface area contributed by atoms with Crippen LogP contribution in [0.15, 0.2) is 36.0 Å². The molecule has 0 amide bonds. The van der Waals surface area contributed by atoms with Crippen LogP contribution < -0.4 is 0 Å². The molecule has 13 heavy (non-hydrogen) atoms. The van der Waals surface area contributed by atoms with Gasteiger partial charge in [0.25, 0.3) is 0 Å². The predicted molar refractivity (Wildman–Crippen MR) is 49.6 cm³/mol. The maximum Gasteiger partial charge on any atom is 0.120 e. The molecule has 1 nitrogen and oxygen atoms in total. The fraction of sp³-hybridized carbons (Fsp3) is 0.400. The SMILES string of the molecule is C=C(F)C1=C(C(=C)F)CN(C)CC1. The van der Waals surface area contributed by atoms with Gasteiger partial charge in [-0.1, -0.05) is 13.2 Å². The lowest BCUT2D eigenvalue weighted by Gasteiger charge is -2.26. The zero-order chi connectivity index (χ0) is 10.0. The molecule has 0 radical (unpaired) electrons. The van der Waals surface area contributed by atoms with E-state index in [-0.39, 0.29) is 0 Å². The number of nitrogens with zero attached hydrogens (tertiary/aromatic N) is 1. The van der Waals surface area contributed by atoms with E-state index in [0.717, 1.165) is 6.54 Å². The summed E-state index contributed by atoms with van der Waals surface area (Å²) in [7, 11) is 1.86. The second kappa shape index (κ2) is 3.83. The summed E-state index contributed by atoms with van der Waals surface area (Å²) in [4.78, 5) is 1.92. The Balaban J connectivity index is 3.01. The first-order valence-electron chi connectivity index (χ1n) is 4.12. The highest BCUT2D eigenvalue weighted by molar-refractivity contribution is 5.40. The van der Waals surface area contributed by atoms with Crippen molar-refractivity contribution in [2.75, 3.05) is 20.1 Å². The molecule has 3 heteroatoms. The fourth-order valence-corrected chi connectivity index (χ4v) is 1.45. The van der Waals surface area contributed by atoms with Crippen molar-refractivity contribution in [2.45, 2.75) is 6.42 Å². The lowest BCUT2D eigenvalue weighted by molar-refractivity contribution is 0.342. The second-order valence-electron chi connectivity index (χ2n) is 3.25. The largest absolute Gasteiger partial charge is 0.302 e. The van der Waals surface area contributed by atoms with Gasteiger partial charge in [0, 0.05) is 18.7 Å². The van der Waals surface area contributed by atoms with Gasteiger partial charge in [0.1, 0.15) is 11.7 Å². The maximum absolute atomic E-state index is 12.9. The van der Waals surface area contributed by atoms with Crippen molar-refractivity contribution in [3.8, 4) is 0 Å². The molecule has 1 aliphatic rings. The molecule has 0 aromatic rings.